The lowest BCUT2D eigenvalue weighted by atomic mass is 9.75. The maximum absolute atomic E-state index is 12.4. The molecule has 1 fully saturated rings. The molecule has 6 heteroatoms. The average molecular weight is 313 g/mol. The van der Waals surface area contributed by atoms with E-state index in [0.29, 0.717) is 24.3 Å². The van der Waals surface area contributed by atoms with Gasteiger partial charge in [0.2, 0.25) is 5.88 Å². The van der Waals surface area contributed by atoms with E-state index < -0.39 is 0 Å². The first-order valence-electron chi connectivity index (χ1n) is 7.56. The van der Waals surface area contributed by atoms with E-state index in [1.807, 2.05) is 6.07 Å². The quantitative estimate of drug-likeness (QED) is 0.878. The lowest BCUT2D eigenvalue weighted by molar-refractivity contribution is 0.0234. The maximum atomic E-state index is 12.4. The first-order chi connectivity index (χ1) is 11.2. The second kappa shape index (κ2) is 6.75. The molecule has 1 aliphatic carbocycles. The van der Waals surface area contributed by atoms with Gasteiger partial charge in [-0.05, 0) is 36.5 Å². The molecule has 0 aromatic carbocycles. The number of hydrogen-bond donors (Lipinski definition) is 2. The molecular weight excluding hydrogens is 294 g/mol. The van der Waals surface area contributed by atoms with Crippen LogP contribution in [0.15, 0.2) is 42.9 Å². The Morgan fingerprint density at radius 1 is 1.30 bits per heavy atom. The summed E-state index contributed by atoms with van der Waals surface area (Å²) in [5.41, 5.74) is 1.47. The number of aromatic nitrogens is 2. The zero-order chi connectivity index (χ0) is 16.2. The van der Waals surface area contributed by atoms with Gasteiger partial charge in [0.15, 0.2) is 0 Å². The third-order valence-electron chi connectivity index (χ3n) is 4.18. The fourth-order valence-electron chi connectivity index (χ4n) is 2.80. The van der Waals surface area contributed by atoms with Crippen LogP contribution in [0.5, 0.6) is 5.88 Å². The lowest BCUT2D eigenvalue weighted by Crippen LogP contribution is -2.41. The molecule has 1 aliphatic rings. The van der Waals surface area contributed by atoms with E-state index in [4.69, 9.17) is 4.74 Å². The molecule has 1 atom stereocenters. The average Bonchev–Trinajstić information content (AvgIpc) is 2.58. The summed E-state index contributed by atoms with van der Waals surface area (Å²) >= 11 is 0. The van der Waals surface area contributed by atoms with Crippen LogP contribution in [-0.2, 0) is 0 Å². The van der Waals surface area contributed by atoms with Gasteiger partial charge in [-0.25, -0.2) is 4.98 Å². The molecule has 0 radical (unpaired) electrons. The van der Waals surface area contributed by atoms with Crippen molar-refractivity contribution < 1.29 is 14.6 Å². The van der Waals surface area contributed by atoms with Crippen molar-refractivity contribution in [1.29, 1.82) is 0 Å². The number of aliphatic hydroxyl groups excluding tert-OH is 1. The van der Waals surface area contributed by atoms with Crippen LogP contribution in [-0.4, -0.2) is 34.2 Å². The highest BCUT2D eigenvalue weighted by Gasteiger charge is 2.36. The van der Waals surface area contributed by atoms with Crippen molar-refractivity contribution in [2.75, 3.05) is 7.11 Å². The van der Waals surface area contributed by atoms with Crippen molar-refractivity contribution in [2.45, 2.75) is 25.0 Å². The van der Waals surface area contributed by atoms with Crippen LogP contribution in [0.1, 0.15) is 34.8 Å². The van der Waals surface area contributed by atoms with Gasteiger partial charge in [0.25, 0.3) is 5.91 Å². The van der Waals surface area contributed by atoms with Crippen LogP contribution in [0.25, 0.3) is 0 Å². The van der Waals surface area contributed by atoms with Gasteiger partial charge >= 0.3 is 0 Å². The molecule has 23 heavy (non-hydrogen) atoms. The fraction of sp³-hybridized carbons (Fsp3) is 0.353. The first-order valence-corrected chi connectivity index (χ1v) is 7.56. The number of rotatable bonds is 5. The Bertz CT molecular complexity index is 655. The predicted octanol–water partition coefficient (Wildman–Crippen LogP) is 1.73. The summed E-state index contributed by atoms with van der Waals surface area (Å²) in [5.74, 6) is 0.571. The van der Waals surface area contributed by atoms with E-state index in [1.54, 1.807) is 43.9 Å². The van der Waals surface area contributed by atoms with E-state index in [-0.39, 0.29) is 24.0 Å². The molecule has 2 heterocycles. The summed E-state index contributed by atoms with van der Waals surface area (Å²) in [4.78, 5) is 20.6. The number of carbonyl (C=O) groups is 1. The summed E-state index contributed by atoms with van der Waals surface area (Å²) in [5, 5.41) is 12.6. The summed E-state index contributed by atoms with van der Waals surface area (Å²) in [6.07, 6.45) is 5.95. The van der Waals surface area contributed by atoms with Gasteiger partial charge in [0.05, 0.1) is 19.3 Å². The number of ether oxygens (including phenoxy) is 1. The van der Waals surface area contributed by atoms with E-state index in [0.717, 1.165) is 5.56 Å². The number of carbonyl (C=O) groups excluding carboxylic acids is 1. The third-order valence-corrected chi connectivity index (χ3v) is 4.18. The van der Waals surface area contributed by atoms with Crippen molar-refractivity contribution >= 4 is 5.91 Å². The molecule has 0 saturated heterocycles. The SMILES string of the molecule is COc1ccc(C(NC(=O)c2ccncc2)C2CC(O)C2)cn1. The second-order valence-corrected chi connectivity index (χ2v) is 5.71. The zero-order valence-electron chi connectivity index (χ0n) is 12.8. The fourth-order valence-corrected chi connectivity index (χ4v) is 2.80. The Labute approximate surface area is 134 Å². The van der Waals surface area contributed by atoms with Crippen LogP contribution in [0.4, 0.5) is 0 Å². The zero-order valence-corrected chi connectivity index (χ0v) is 12.8. The van der Waals surface area contributed by atoms with Crippen LogP contribution in [0.3, 0.4) is 0 Å². The highest BCUT2D eigenvalue weighted by molar-refractivity contribution is 5.94. The normalized spacial score (nSPS) is 21.1. The molecular formula is C17H19N3O3. The van der Waals surface area contributed by atoms with Crippen molar-refractivity contribution in [3.63, 3.8) is 0 Å². The molecule has 1 unspecified atom stereocenters. The Kier molecular flexibility index (Phi) is 4.52. The van der Waals surface area contributed by atoms with Crippen LogP contribution < -0.4 is 10.1 Å². The Balaban J connectivity index is 1.79. The highest BCUT2D eigenvalue weighted by Crippen LogP contribution is 2.38. The van der Waals surface area contributed by atoms with Crippen molar-refractivity contribution in [1.82, 2.24) is 15.3 Å². The standard InChI is InChI=1S/C17H19N3O3/c1-23-15-3-2-12(10-19-15)16(13-8-14(21)9-13)20-17(22)11-4-6-18-7-5-11/h2-7,10,13-14,16,21H,8-9H2,1H3,(H,20,22). The van der Waals surface area contributed by atoms with Gasteiger partial charge < -0.3 is 15.2 Å². The summed E-state index contributed by atoms with van der Waals surface area (Å²) in [7, 11) is 1.56. The smallest absolute Gasteiger partial charge is 0.251 e. The minimum absolute atomic E-state index is 0.158. The number of aliphatic hydroxyl groups is 1. The molecule has 3 rings (SSSR count). The molecule has 2 aromatic rings. The monoisotopic (exact) mass is 313 g/mol. The predicted molar refractivity (Wildman–Crippen MR) is 84.0 cm³/mol. The summed E-state index contributed by atoms with van der Waals surface area (Å²) in [6, 6.07) is 6.84. The van der Waals surface area contributed by atoms with Gasteiger partial charge in [-0.1, -0.05) is 6.07 Å². The Morgan fingerprint density at radius 2 is 2.04 bits per heavy atom. The Morgan fingerprint density at radius 3 is 2.61 bits per heavy atom. The molecule has 0 aliphatic heterocycles. The molecule has 1 amide bonds. The molecule has 6 nitrogen and oxygen atoms in total. The number of nitrogens with zero attached hydrogens (tertiary/aromatic N) is 2. The second-order valence-electron chi connectivity index (χ2n) is 5.71. The maximum Gasteiger partial charge on any atom is 0.251 e. The number of nitrogens with one attached hydrogen (secondary N) is 1. The van der Waals surface area contributed by atoms with E-state index in [1.165, 1.54) is 0 Å². The number of pyridine rings is 2. The minimum Gasteiger partial charge on any atom is -0.481 e. The minimum atomic E-state index is -0.286. The van der Waals surface area contributed by atoms with E-state index in [9.17, 15) is 9.90 Å². The van der Waals surface area contributed by atoms with Crippen LogP contribution >= 0.6 is 0 Å². The third kappa shape index (κ3) is 3.48. The Hall–Kier alpha value is -2.47. The first kappa shape index (κ1) is 15.4. The van der Waals surface area contributed by atoms with Crippen molar-refractivity contribution in [2.24, 2.45) is 5.92 Å². The van der Waals surface area contributed by atoms with Gasteiger partial charge in [-0.2, -0.15) is 0 Å². The summed E-state index contributed by atoms with van der Waals surface area (Å²) < 4.78 is 5.07. The van der Waals surface area contributed by atoms with Gasteiger partial charge in [-0.3, -0.25) is 9.78 Å². The molecule has 2 N–H and O–H groups in total. The number of methoxy groups -OCH3 is 1. The number of amides is 1. The lowest BCUT2D eigenvalue weighted by Gasteiger charge is -2.38. The molecule has 2 aromatic heterocycles. The van der Waals surface area contributed by atoms with E-state index >= 15 is 0 Å². The summed E-state index contributed by atoms with van der Waals surface area (Å²) in [6.45, 7) is 0. The molecule has 1 saturated carbocycles. The highest BCUT2D eigenvalue weighted by atomic mass is 16.5. The van der Waals surface area contributed by atoms with E-state index in [2.05, 4.69) is 15.3 Å². The van der Waals surface area contributed by atoms with Crippen LogP contribution in [0, 0.1) is 5.92 Å². The molecule has 120 valence electrons. The largest absolute Gasteiger partial charge is 0.481 e. The van der Waals surface area contributed by atoms with Crippen molar-refractivity contribution in [3.8, 4) is 5.88 Å². The topological polar surface area (TPSA) is 84.3 Å². The van der Waals surface area contributed by atoms with Gasteiger partial charge in [0.1, 0.15) is 0 Å². The van der Waals surface area contributed by atoms with Crippen molar-refractivity contribution in [3.05, 3.63) is 54.0 Å². The van der Waals surface area contributed by atoms with Gasteiger partial charge in [0, 0.05) is 30.2 Å². The van der Waals surface area contributed by atoms with Gasteiger partial charge in [-0.15, -0.1) is 0 Å². The molecule has 0 bridgehead atoms. The van der Waals surface area contributed by atoms with Crippen LogP contribution in [0.2, 0.25) is 0 Å². The molecule has 0 spiro atoms. The number of hydrogen-bond acceptors (Lipinski definition) is 5.